The van der Waals surface area contributed by atoms with Gasteiger partial charge in [-0.2, -0.15) is 0 Å². The highest BCUT2D eigenvalue weighted by Crippen LogP contribution is 2.40. The molecule has 2 nitrogen and oxygen atoms in total. The van der Waals surface area contributed by atoms with E-state index in [-0.39, 0.29) is 0 Å². The first-order valence-corrected chi connectivity index (χ1v) is 5.94. The van der Waals surface area contributed by atoms with Crippen LogP contribution in [-0.4, -0.2) is 11.1 Å². The molecule has 1 fully saturated rings. The third-order valence-electron chi connectivity index (χ3n) is 3.63. The molecule has 2 atom stereocenters. The lowest BCUT2D eigenvalue weighted by Gasteiger charge is -2.13. The number of hydrogen-bond donors (Lipinski definition) is 1. The molecule has 0 heterocycles. The first-order chi connectivity index (χ1) is 7.66. The lowest BCUT2D eigenvalue weighted by Crippen LogP contribution is -2.04. The summed E-state index contributed by atoms with van der Waals surface area (Å²) in [6.07, 6.45) is 3.58. The summed E-state index contributed by atoms with van der Waals surface area (Å²) in [5.41, 5.74) is 2.75. The Morgan fingerprint density at radius 1 is 1.38 bits per heavy atom. The van der Waals surface area contributed by atoms with Crippen molar-refractivity contribution in [1.29, 1.82) is 0 Å². The van der Waals surface area contributed by atoms with E-state index in [0.717, 1.165) is 19.3 Å². The van der Waals surface area contributed by atoms with E-state index in [9.17, 15) is 4.79 Å². The number of carbonyl (C=O) groups is 1. The van der Waals surface area contributed by atoms with Gasteiger partial charge < -0.3 is 5.11 Å². The van der Waals surface area contributed by atoms with Crippen molar-refractivity contribution in [3.05, 3.63) is 35.4 Å². The fourth-order valence-corrected chi connectivity index (χ4v) is 2.83. The molecule has 86 valence electrons. The minimum atomic E-state index is -0.657. The Labute approximate surface area is 96.3 Å². The topological polar surface area (TPSA) is 37.3 Å². The maximum absolute atomic E-state index is 10.7. The van der Waals surface area contributed by atoms with Gasteiger partial charge in [0.1, 0.15) is 0 Å². The van der Waals surface area contributed by atoms with E-state index in [4.69, 9.17) is 5.11 Å². The molecule has 0 bridgehead atoms. The molecule has 2 unspecified atom stereocenters. The van der Waals surface area contributed by atoms with Crippen LogP contribution in [0.1, 0.15) is 42.7 Å². The highest BCUT2D eigenvalue weighted by molar-refractivity contribution is 5.67. The molecule has 1 aliphatic rings. The largest absolute Gasteiger partial charge is 0.481 e. The molecule has 16 heavy (non-hydrogen) atoms. The van der Waals surface area contributed by atoms with Crippen LogP contribution < -0.4 is 0 Å². The van der Waals surface area contributed by atoms with Gasteiger partial charge in [0.25, 0.3) is 0 Å². The Bertz CT molecular complexity index is 384. The van der Waals surface area contributed by atoms with Gasteiger partial charge in [-0.15, -0.1) is 0 Å². The number of carboxylic acids is 1. The normalized spacial score (nSPS) is 24.6. The fraction of sp³-hybridized carbons (Fsp3) is 0.500. The second-order valence-electron chi connectivity index (χ2n) is 4.83. The fourth-order valence-electron chi connectivity index (χ4n) is 2.83. The lowest BCUT2D eigenvalue weighted by atomic mass is 9.92. The summed E-state index contributed by atoms with van der Waals surface area (Å²) < 4.78 is 0. The summed E-state index contributed by atoms with van der Waals surface area (Å²) in [5.74, 6) is 0.295. The van der Waals surface area contributed by atoms with Gasteiger partial charge in [0.2, 0.25) is 0 Å². The molecule has 0 saturated heterocycles. The second kappa shape index (κ2) is 4.69. The average Bonchev–Trinajstić information content (AvgIpc) is 2.66. The van der Waals surface area contributed by atoms with E-state index in [1.807, 2.05) is 0 Å². The highest BCUT2D eigenvalue weighted by Gasteiger charge is 2.27. The standard InChI is InChI=1S/C14H18O2/c1-10-4-2-3-5-13(10)12-7-6-11(8-12)9-14(15)16/h2-5,11-12H,6-9H2,1H3,(H,15,16). The zero-order valence-electron chi connectivity index (χ0n) is 9.65. The summed E-state index contributed by atoms with van der Waals surface area (Å²) in [6, 6.07) is 8.46. The van der Waals surface area contributed by atoms with Gasteiger partial charge in [0.05, 0.1) is 0 Å². The van der Waals surface area contributed by atoms with Gasteiger partial charge in [-0.3, -0.25) is 4.79 Å². The Kier molecular flexibility index (Phi) is 3.28. The Balaban J connectivity index is 2.04. The van der Waals surface area contributed by atoms with E-state index < -0.39 is 5.97 Å². The van der Waals surface area contributed by atoms with E-state index in [1.165, 1.54) is 11.1 Å². The van der Waals surface area contributed by atoms with Crippen molar-refractivity contribution in [1.82, 2.24) is 0 Å². The van der Waals surface area contributed by atoms with Crippen LogP contribution in [0.15, 0.2) is 24.3 Å². The quantitative estimate of drug-likeness (QED) is 0.844. The van der Waals surface area contributed by atoms with E-state index >= 15 is 0 Å². The number of benzene rings is 1. The summed E-state index contributed by atoms with van der Waals surface area (Å²) in [5, 5.41) is 8.79. The molecular formula is C14H18O2. The maximum atomic E-state index is 10.7. The van der Waals surface area contributed by atoms with Crippen LogP contribution in [0.5, 0.6) is 0 Å². The monoisotopic (exact) mass is 218 g/mol. The summed E-state index contributed by atoms with van der Waals surface area (Å²) >= 11 is 0. The average molecular weight is 218 g/mol. The molecule has 0 radical (unpaired) electrons. The van der Waals surface area contributed by atoms with Crippen molar-refractivity contribution < 1.29 is 9.90 Å². The van der Waals surface area contributed by atoms with Crippen LogP contribution >= 0.6 is 0 Å². The maximum Gasteiger partial charge on any atom is 0.303 e. The van der Waals surface area contributed by atoms with Gasteiger partial charge in [-0.25, -0.2) is 0 Å². The predicted molar refractivity (Wildman–Crippen MR) is 63.5 cm³/mol. The summed E-state index contributed by atoms with van der Waals surface area (Å²) in [4.78, 5) is 10.7. The first-order valence-electron chi connectivity index (χ1n) is 5.94. The zero-order chi connectivity index (χ0) is 11.5. The molecule has 1 N–H and O–H groups in total. The van der Waals surface area contributed by atoms with Crippen LogP contribution in [0, 0.1) is 12.8 Å². The minimum absolute atomic E-state index is 0.336. The molecule has 1 saturated carbocycles. The number of rotatable bonds is 3. The second-order valence-corrected chi connectivity index (χ2v) is 4.83. The Morgan fingerprint density at radius 2 is 2.12 bits per heavy atom. The number of carboxylic acid groups (broad SMARTS) is 1. The first kappa shape index (κ1) is 11.2. The van der Waals surface area contributed by atoms with E-state index in [1.54, 1.807) is 0 Å². The third-order valence-corrected chi connectivity index (χ3v) is 3.63. The summed E-state index contributed by atoms with van der Waals surface area (Å²) in [6.45, 7) is 2.14. The van der Waals surface area contributed by atoms with Crippen LogP contribution in [0.25, 0.3) is 0 Å². The van der Waals surface area contributed by atoms with Crippen molar-refractivity contribution in [3.63, 3.8) is 0 Å². The minimum Gasteiger partial charge on any atom is -0.481 e. The molecule has 2 heteroatoms. The van der Waals surface area contributed by atoms with Crippen LogP contribution in [0.2, 0.25) is 0 Å². The lowest BCUT2D eigenvalue weighted by molar-refractivity contribution is -0.138. The Hall–Kier alpha value is -1.31. The van der Waals surface area contributed by atoms with E-state index in [2.05, 4.69) is 31.2 Å². The third kappa shape index (κ3) is 2.43. The molecule has 0 aromatic heterocycles. The van der Waals surface area contributed by atoms with Gasteiger partial charge in [-0.05, 0) is 49.1 Å². The molecule has 0 spiro atoms. The SMILES string of the molecule is Cc1ccccc1C1CCC(CC(=O)O)C1. The highest BCUT2D eigenvalue weighted by atomic mass is 16.4. The molecule has 0 amide bonds. The van der Waals surface area contributed by atoms with Gasteiger partial charge in [-0.1, -0.05) is 24.3 Å². The van der Waals surface area contributed by atoms with Crippen LogP contribution in [0.3, 0.4) is 0 Å². The molecule has 1 aromatic rings. The Morgan fingerprint density at radius 3 is 2.81 bits per heavy atom. The van der Waals surface area contributed by atoms with Crippen LogP contribution in [-0.2, 0) is 4.79 Å². The predicted octanol–water partition coefficient (Wildman–Crippen LogP) is 3.35. The van der Waals surface area contributed by atoms with Gasteiger partial charge in [0.15, 0.2) is 0 Å². The molecule has 1 aromatic carbocycles. The molecule has 0 aliphatic heterocycles. The van der Waals surface area contributed by atoms with Crippen molar-refractivity contribution in [2.75, 3.05) is 0 Å². The number of hydrogen-bond acceptors (Lipinski definition) is 1. The van der Waals surface area contributed by atoms with Crippen molar-refractivity contribution in [2.45, 2.75) is 38.5 Å². The number of aryl methyl sites for hydroxylation is 1. The van der Waals surface area contributed by atoms with Gasteiger partial charge >= 0.3 is 5.97 Å². The number of aliphatic carboxylic acids is 1. The zero-order valence-corrected chi connectivity index (χ0v) is 9.65. The molecular weight excluding hydrogens is 200 g/mol. The molecule has 1 aliphatic carbocycles. The van der Waals surface area contributed by atoms with E-state index in [0.29, 0.717) is 18.3 Å². The van der Waals surface area contributed by atoms with Gasteiger partial charge in [0, 0.05) is 6.42 Å². The summed E-state index contributed by atoms with van der Waals surface area (Å²) in [7, 11) is 0. The van der Waals surface area contributed by atoms with Crippen molar-refractivity contribution in [3.8, 4) is 0 Å². The van der Waals surface area contributed by atoms with Crippen molar-refractivity contribution >= 4 is 5.97 Å². The van der Waals surface area contributed by atoms with Crippen LogP contribution in [0.4, 0.5) is 0 Å². The molecule has 2 rings (SSSR count). The smallest absolute Gasteiger partial charge is 0.303 e. The van der Waals surface area contributed by atoms with Crippen molar-refractivity contribution in [2.24, 2.45) is 5.92 Å².